The first-order valence-corrected chi connectivity index (χ1v) is 13.0. The molecule has 0 radical (unpaired) electrons. The monoisotopic (exact) mass is 584 g/mol. The summed E-state index contributed by atoms with van der Waals surface area (Å²) in [6.45, 7) is -0.130. The second-order valence-corrected chi connectivity index (χ2v) is 10.0. The van der Waals surface area contributed by atoms with Crippen LogP contribution in [0.2, 0.25) is 0 Å². The number of carboxylic acid groups (broad SMARTS) is 1. The minimum Gasteiger partial charge on any atom is -0.464 e. The second-order valence-electron chi connectivity index (χ2n) is 8.36. The van der Waals surface area contributed by atoms with Gasteiger partial charge in [-0.3, -0.25) is 0 Å². The van der Waals surface area contributed by atoms with Crippen LogP contribution >= 0.6 is 0 Å². The Balaban J connectivity index is 2.20. The Bertz CT molecular complexity index is 1720. The molecule has 0 aliphatic carbocycles. The first-order chi connectivity index (χ1) is 19.5. The fraction of sp³-hybridized carbons (Fsp3) is 0.120. The van der Waals surface area contributed by atoms with E-state index in [1.165, 1.54) is 23.8 Å². The highest BCUT2D eigenvalue weighted by Crippen LogP contribution is 2.45. The fourth-order valence-electron chi connectivity index (χ4n) is 4.34. The maximum Gasteiger partial charge on any atom is 0.418 e. The van der Waals surface area contributed by atoms with E-state index in [0.29, 0.717) is 5.56 Å². The Kier molecular flexibility index (Phi) is 8.13. The highest BCUT2D eigenvalue weighted by molar-refractivity contribution is 7.90. The van der Waals surface area contributed by atoms with Crippen molar-refractivity contribution in [2.45, 2.75) is 25.0 Å². The Hall–Kier alpha value is -5.51. The molecule has 0 aliphatic rings. The molecule has 2 N–H and O–H groups in total. The molecule has 15 nitrogen and oxygen atoms in total. The lowest BCUT2D eigenvalue weighted by molar-refractivity contribution is -0.763. The zero-order chi connectivity index (χ0) is 29.7. The molecule has 0 atom stereocenters. The van der Waals surface area contributed by atoms with Gasteiger partial charge in [0.2, 0.25) is 0 Å². The van der Waals surface area contributed by atoms with Gasteiger partial charge in [0, 0.05) is 11.1 Å². The largest absolute Gasteiger partial charge is 0.464 e. The van der Waals surface area contributed by atoms with Gasteiger partial charge in [-0.1, -0.05) is 65.8 Å². The van der Waals surface area contributed by atoms with Crippen LogP contribution in [0.4, 0.5) is 4.79 Å². The summed E-state index contributed by atoms with van der Waals surface area (Å²) in [6.07, 6.45) is -1.90. The molecule has 0 spiro atoms. The lowest BCUT2D eigenvalue weighted by Crippen LogP contribution is -2.30. The number of aryl methyl sites for hydroxylation is 1. The average Bonchev–Trinajstić information content (AvgIpc) is 3.30. The number of benzene rings is 3. The summed E-state index contributed by atoms with van der Waals surface area (Å²) in [5, 5.41) is 33.6. The molecule has 3 aromatic carbocycles. The molecule has 4 aromatic rings. The molecule has 0 bridgehead atoms. The Labute approximate surface area is 231 Å². The van der Waals surface area contributed by atoms with Crippen LogP contribution < -0.4 is 4.72 Å². The molecule has 0 aliphatic heterocycles. The van der Waals surface area contributed by atoms with Gasteiger partial charge < -0.3 is 19.3 Å². The molecular weight excluding hydrogens is 564 g/mol. The van der Waals surface area contributed by atoms with Crippen LogP contribution in [0.25, 0.3) is 33.5 Å². The molecule has 1 heterocycles. The second kappa shape index (κ2) is 11.7. The van der Waals surface area contributed by atoms with Crippen molar-refractivity contribution in [3.05, 3.63) is 104 Å². The molecule has 1 amide bonds. The summed E-state index contributed by atoms with van der Waals surface area (Å²) in [4.78, 5) is 42.6. The molecule has 0 saturated heterocycles. The molecule has 0 fully saturated rings. The van der Waals surface area contributed by atoms with E-state index in [0.717, 1.165) is 6.07 Å². The van der Waals surface area contributed by atoms with Crippen molar-refractivity contribution in [3.63, 3.8) is 0 Å². The topological polar surface area (TPSA) is 214 Å². The fourth-order valence-corrected chi connectivity index (χ4v) is 5.49. The van der Waals surface area contributed by atoms with E-state index in [9.17, 15) is 38.5 Å². The predicted molar refractivity (Wildman–Crippen MR) is 139 cm³/mol. The molecule has 4 rings (SSSR count). The van der Waals surface area contributed by atoms with E-state index in [-0.39, 0.29) is 44.8 Å². The molecule has 41 heavy (non-hydrogen) atoms. The van der Waals surface area contributed by atoms with Gasteiger partial charge in [0.15, 0.2) is 0 Å². The van der Waals surface area contributed by atoms with Crippen LogP contribution in [0.1, 0.15) is 16.9 Å². The van der Waals surface area contributed by atoms with Crippen LogP contribution in [0, 0.1) is 27.2 Å². The van der Waals surface area contributed by atoms with Crippen molar-refractivity contribution >= 4 is 16.1 Å². The van der Waals surface area contributed by atoms with Crippen molar-refractivity contribution < 1.29 is 42.7 Å². The summed E-state index contributed by atoms with van der Waals surface area (Å²) < 4.78 is 33.5. The number of amides is 1. The number of nitrogens with one attached hydrogen (secondary N) is 1. The number of hydrogen-bond acceptors (Lipinski definition) is 11. The minimum absolute atomic E-state index is 0.0550. The summed E-state index contributed by atoms with van der Waals surface area (Å²) in [5.74, 6) is 0.187. The van der Waals surface area contributed by atoms with Crippen LogP contribution in [0.3, 0.4) is 0 Å². The Morgan fingerprint density at radius 2 is 1.49 bits per heavy atom. The van der Waals surface area contributed by atoms with Crippen molar-refractivity contribution in [2.75, 3.05) is 0 Å². The molecule has 212 valence electrons. The van der Waals surface area contributed by atoms with Crippen molar-refractivity contribution in [1.29, 1.82) is 0 Å². The van der Waals surface area contributed by atoms with Gasteiger partial charge in [-0.2, -0.15) is 0 Å². The van der Waals surface area contributed by atoms with Gasteiger partial charge in [0.25, 0.3) is 20.2 Å². The average molecular weight is 585 g/mol. The SMILES string of the molecule is Cc1onc(-c2ccccc2)c1-c1c(CO[N+](=O)[O-])cc(S(=O)(=O)NC(=O)O)c(-c2ccccc2)c1CO[N+](=O)[O-]. The highest BCUT2D eigenvalue weighted by Gasteiger charge is 2.32. The van der Waals surface area contributed by atoms with Gasteiger partial charge in [0.1, 0.15) is 24.7 Å². The third-order valence-corrected chi connectivity index (χ3v) is 7.19. The van der Waals surface area contributed by atoms with Gasteiger partial charge in [-0.25, -0.2) is 17.9 Å². The summed E-state index contributed by atoms with van der Waals surface area (Å²) in [5.41, 5.74) is 0.883. The molecule has 16 heteroatoms. The van der Waals surface area contributed by atoms with Crippen molar-refractivity contribution in [3.8, 4) is 33.5 Å². The first-order valence-electron chi connectivity index (χ1n) is 11.6. The Morgan fingerprint density at radius 1 is 0.927 bits per heavy atom. The number of rotatable bonds is 11. The van der Waals surface area contributed by atoms with E-state index in [2.05, 4.69) is 9.99 Å². The molecular formula is C25H20N4O11S. The third-order valence-electron chi connectivity index (χ3n) is 5.85. The highest BCUT2D eigenvalue weighted by atomic mass is 32.2. The molecule has 1 aromatic heterocycles. The van der Waals surface area contributed by atoms with E-state index in [1.807, 2.05) is 0 Å². The third kappa shape index (κ3) is 6.22. The lowest BCUT2D eigenvalue weighted by atomic mass is 9.86. The zero-order valence-corrected chi connectivity index (χ0v) is 21.9. The standard InChI is InChI=1S/C25H20N4O11S/c1-15-21(24(26-40-15)17-10-6-3-7-11-17)23-18(13-38-28(32)33)12-20(41(36,37)27-25(30)31)22(16-8-4-2-5-9-16)19(23)14-39-29(34)35/h2-12,27H,13-14H2,1H3,(H,30,31). The van der Waals surface area contributed by atoms with Crippen molar-refractivity contribution in [2.24, 2.45) is 0 Å². The molecule has 0 unspecified atom stereocenters. The van der Waals surface area contributed by atoms with Gasteiger partial charge in [-0.15, -0.1) is 20.2 Å². The number of aromatic nitrogens is 1. The van der Waals surface area contributed by atoms with Crippen LogP contribution in [0.5, 0.6) is 0 Å². The normalized spacial score (nSPS) is 11.0. The van der Waals surface area contributed by atoms with Crippen LogP contribution in [-0.4, -0.2) is 34.9 Å². The smallest absolute Gasteiger partial charge is 0.418 e. The Morgan fingerprint density at radius 3 is 2.05 bits per heavy atom. The van der Waals surface area contributed by atoms with Gasteiger partial charge in [0.05, 0.1) is 10.5 Å². The van der Waals surface area contributed by atoms with Gasteiger partial charge >= 0.3 is 6.09 Å². The predicted octanol–water partition coefficient (Wildman–Crippen LogP) is 4.36. The van der Waals surface area contributed by atoms with Crippen LogP contribution in [-0.2, 0) is 32.9 Å². The summed E-state index contributed by atoms with van der Waals surface area (Å²) in [6, 6.07) is 17.4. The molecule has 0 saturated carbocycles. The zero-order valence-electron chi connectivity index (χ0n) is 21.0. The number of sulfonamides is 1. The number of hydrogen-bond donors (Lipinski definition) is 2. The van der Waals surface area contributed by atoms with E-state index in [4.69, 9.17) is 9.36 Å². The van der Waals surface area contributed by atoms with E-state index < -0.39 is 44.4 Å². The first kappa shape index (κ1) is 28.5. The summed E-state index contributed by atoms with van der Waals surface area (Å²) in [7, 11) is -4.86. The van der Waals surface area contributed by atoms with E-state index >= 15 is 0 Å². The number of carbonyl (C=O) groups is 1. The maximum atomic E-state index is 13.3. The van der Waals surface area contributed by atoms with E-state index in [1.54, 1.807) is 48.5 Å². The number of nitrogens with zero attached hydrogens (tertiary/aromatic N) is 3. The van der Waals surface area contributed by atoms with Crippen molar-refractivity contribution in [1.82, 2.24) is 9.88 Å². The maximum absolute atomic E-state index is 13.3. The minimum atomic E-state index is -4.86. The lowest BCUT2D eigenvalue weighted by Gasteiger charge is -2.22. The van der Waals surface area contributed by atoms with Gasteiger partial charge in [-0.05, 0) is 35.2 Å². The quantitative estimate of drug-likeness (QED) is 0.186. The summed E-state index contributed by atoms with van der Waals surface area (Å²) >= 11 is 0. The van der Waals surface area contributed by atoms with Crippen LogP contribution in [0.15, 0.2) is 76.1 Å².